The van der Waals surface area contributed by atoms with Gasteiger partial charge in [0, 0.05) is 13.6 Å². The summed E-state index contributed by atoms with van der Waals surface area (Å²) in [6.07, 6.45) is 5.46. The van der Waals surface area contributed by atoms with Crippen LogP contribution in [-0.4, -0.2) is 29.3 Å². The number of anilines is 2. The molecule has 0 bridgehead atoms. The summed E-state index contributed by atoms with van der Waals surface area (Å²) in [4.78, 5) is 6.10. The SMILES string of the molecule is CN(CC1(O)CCCC1)c1ncc(N)cc1Cl. The zero-order valence-corrected chi connectivity index (χ0v) is 10.7. The maximum absolute atomic E-state index is 10.3. The largest absolute Gasteiger partial charge is 0.397 e. The second-order valence-electron chi connectivity index (χ2n) is 4.86. The number of pyridine rings is 1. The Morgan fingerprint density at radius 2 is 2.18 bits per heavy atom. The van der Waals surface area contributed by atoms with Gasteiger partial charge in [-0.15, -0.1) is 0 Å². The monoisotopic (exact) mass is 255 g/mol. The average Bonchev–Trinajstić information content (AvgIpc) is 2.64. The third-order valence-electron chi connectivity index (χ3n) is 3.27. The minimum absolute atomic E-state index is 0.522. The van der Waals surface area contributed by atoms with Gasteiger partial charge in [0.15, 0.2) is 0 Å². The molecule has 2 rings (SSSR count). The van der Waals surface area contributed by atoms with Crippen molar-refractivity contribution in [1.82, 2.24) is 4.98 Å². The minimum Gasteiger partial charge on any atom is -0.397 e. The summed E-state index contributed by atoms with van der Waals surface area (Å²) >= 11 is 6.09. The molecule has 0 aliphatic heterocycles. The summed E-state index contributed by atoms with van der Waals surface area (Å²) in [6.45, 7) is 0.559. The predicted molar refractivity (Wildman–Crippen MR) is 70.3 cm³/mol. The van der Waals surface area contributed by atoms with E-state index in [9.17, 15) is 5.11 Å². The van der Waals surface area contributed by atoms with Gasteiger partial charge in [0.2, 0.25) is 0 Å². The van der Waals surface area contributed by atoms with Crippen molar-refractivity contribution in [2.24, 2.45) is 0 Å². The quantitative estimate of drug-likeness (QED) is 0.868. The second kappa shape index (κ2) is 4.70. The van der Waals surface area contributed by atoms with Crippen molar-refractivity contribution in [3.05, 3.63) is 17.3 Å². The number of nitrogens with zero attached hydrogens (tertiary/aromatic N) is 2. The molecule has 1 fully saturated rings. The molecule has 17 heavy (non-hydrogen) atoms. The molecular formula is C12H18ClN3O. The topological polar surface area (TPSA) is 62.4 Å². The first-order valence-corrected chi connectivity index (χ1v) is 6.22. The maximum Gasteiger partial charge on any atom is 0.147 e. The van der Waals surface area contributed by atoms with E-state index >= 15 is 0 Å². The van der Waals surface area contributed by atoms with Crippen molar-refractivity contribution >= 4 is 23.1 Å². The molecule has 1 heterocycles. The van der Waals surface area contributed by atoms with Gasteiger partial charge in [0.25, 0.3) is 0 Å². The van der Waals surface area contributed by atoms with Gasteiger partial charge in [-0.3, -0.25) is 0 Å². The number of rotatable bonds is 3. The molecule has 3 N–H and O–H groups in total. The van der Waals surface area contributed by atoms with Gasteiger partial charge in [-0.05, 0) is 18.9 Å². The molecule has 0 spiro atoms. The maximum atomic E-state index is 10.3. The molecule has 1 aromatic rings. The minimum atomic E-state index is -0.596. The zero-order chi connectivity index (χ0) is 12.5. The molecule has 0 atom stereocenters. The van der Waals surface area contributed by atoms with E-state index in [4.69, 9.17) is 17.3 Å². The van der Waals surface area contributed by atoms with E-state index in [2.05, 4.69) is 4.98 Å². The summed E-state index contributed by atoms with van der Waals surface area (Å²) in [5, 5.41) is 10.9. The van der Waals surface area contributed by atoms with E-state index in [-0.39, 0.29) is 0 Å². The van der Waals surface area contributed by atoms with Gasteiger partial charge in [0.1, 0.15) is 5.82 Å². The van der Waals surface area contributed by atoms with Crippen LogP contribution in [0.5, 0.6) is 0 Å². The van der Waals surface area contributed by atoms with Crippen LogP contribution in [0.1, 0.15) is 25.7 Å². The standard InChI is InChI=1S/C12H18ClN3O/c1-16(8-12(17)4-2-3-5-12)11-10(13)6-9(14)7-15-11/h6-7,17H,2-5,8,14H2,1H3. The van der Waals surface area contributed by atoms with E-state index in [0.29, 0.717) is 23.1 Å². The highest BCUT2D eigenvalue weighted by molar-refractivity contribution is 6.33. The lowest BCUT2D eigenvalue weighted by Crippen LogP contribution is -2.39. The van der Waals surface area contributed by atoms with Crippen LogP contribution in [0.15, 0.2) is 12.3 Å². The van der Waals surface area contributed by atoms with Crippen molar-refractivity contribution in [1.29, 1.82) is 0 Å². The first-order valence-electron chi connectivity index (χ1n) is 5.85. The summed E-state index contributed by atoms with van der Waals surface area (Å²) in [6, 6.07) is 1.68. The van der Waals surface area contributed by atoms with Crippen LogP contribution in [0.25, 0.3) is 0 Å². The number of aromatic nitrogens is 1. The van der Waals surface area contributed by atoms with Crippen molar-refractivity contribution < 1.29 is 5.11 Å². The lowest BCUT2D eigenvalue weighted by Gasteiger charge is -2.29. The Bertz CT molecular complexity index is 405. The summed E-state index contributed by atoms with van der Waals surface area (Å²) in [7, 11) is 1.89. The molecule has 1 aromatic heterocycles. The highest BCUT2D eigenvalue weighted by Crippen LogP contribution is 2.32. The second-order valence-corrected chi connectivity index (χ2v) is 5.27. The number of halogens is 1. The third-order valence-corrected chi connectivity index (χ3v) is 3.55. The van der Waals surface area contributed by atoms with Crippen LogP contribution >= 0.6 is 11.6 Å². The summed E-state index contributed by atoms with van der Waals surface area (Å²) in [5.74, 6) is 0.668. The van der Waals surface area contributed by atoms with Gasteiger partial charge >= 0.3 is 0 Å². The molecule has 0 radical (unpaired) electrons. The van der Waals surface area contributed by atoms with Crippen LogP contribution in [0, 0.1) is 0 Å². The van der Waals surface area contributed by atoms with Crippen LogP contribution in [0.4, 0.5) is 11.5 Å². The van der Waals surface area contributed by atoms with Gasteiger partial charge in [-0.2, -0.15) is 0 Å². The first kappa shape index (κ1) is 12.5. The van der Waals surface area contributed by atoms with Crippen molar-refractivity contribution in [2.45, 2.75) is 31.3 Å². The molecule has 1 aliphatic carbocycles. The van der Waals surface area contributed by atoms with E-state index < -0.39 is 5.60 Å². The Morgan fingerprint density at radius 1 is 1.53 bits per heavy atom. The first-order chi connectivity index (χ1) is 8.00. The highest BCUT2D eigenvalue weighted by Gasteiger charge is 2.32. The number of nitrogens with two attached hydrogens (primary N) is 1. The number of hydrogen-bond donors (Lipinski definition) is 2. The fourth-order valence-corrected chi connectivity index (χ4v) is 2.75. The number of nitrogen functional groups attached to an aromatic ring is 1. The molecule has 0 aromatic carbocycles. The molecule has 94 valence electrons. The summed E-state index contributed by atoms with van der Waals surface area (Å²) in [5.41, 5.74) is 5.55. The number of likely N-dealkylation sites (N-methyl/N-ethyl adjacent to an activating group) is 1. The zero-order valence-electron chi connectivity index (χ0n) is 9.99. The Morgan fingerprint density at radius 3 is 2.76 bits per heavy atom. The van der Waals surface area contributed by atoms with E-state index in [1.165, 1.54) is 0 Å². The molecule has 0 saturated heterocycles. The highest BCUT2D eigenvalue weighted by atomic mass is 35.5. The Hall–Kier alpha value is -1.00. The lowest BCUT2D eigenvalue weighted by atomic mass is 10.0. The number of aliphatic hydroxyl groups is 1. The average molecular weight is 256 g/mol. The lowest BCUT2D eigenvalue weighted by molar-refractivity contribution is 0.0558. The van der Waals surface area contributed by atoms with E-state index in [1.54, 1.807) is 12.3 Å². The molecule has 0 unspecified atom stereocenters. The molecule has 4 nitrogen and oxygen atoms in total. The van der Waals surface area contributed by atoms with Crippen LogP contribution in [0.3, 0.4) is 0 Å². The van der Waals surface area contributed by atoms with Gasteiger partial charge in [0.05, 0.1) is 22.5 Å². The van der Waals surface area contributed by atoms with Gasteiger partial charge < -0.3 is 15.7 Å². The molecule has 5 heteroatoms. The number of hydrogen-bond acceptors (Lipinski definition) is 4. The van der Waals surface area contributed by atoms with Gasteiger partial charge in [-0.25, -0.2) is 4.98 Å². The molecule has 1 aliphatic rings. The Kier molecular flexibility index (Phi) is 3.45. The fraction of sp³-hybridized carbons (Fsp3) is 0.583. The van der Waals surface area contributed by atoms with Crippen LogP contribution in [-0.2, 0) is 0 Å². The van der Waals surface area contributed by atoms with Crippen LogP contribution < -0.4 is 10.6 Å². The Balaban J connectivity index is 2.11. The van der Waals surface area contributed by atoms with E-state index in [0.717, 1.165) is 25.7 Å². The third kappa shape index (κ3) is 2.82. The van der Waals surface area contributed by atoms with E-state index in [1.807, 2.05) is 11.9 Å². The van der Waals surface area contributed by atoms with Crippen molar-refractivity contribution in [2.75, 3.05) is 24.2 Å². The molecular weight excluding hydrogens is 238 g/mol. The summed E-state index contributed by atoms with van der Waals surface area (Å²) < 4.78 is 0. The van der Waals surface area contributed by atoms with Crippen LogP contribution in [0.2, 0.25) is 5.02 Å². The molecule has 0 amide bonds. The predicted octanol–water partition coefficient (Wildman–Crippen LogP) is 2.06. The smallest absolute Gasteiger partial charge is 0.147 e. The Labute approximate surface area is 106 Å². The van der Waals surface area contributed by atoms with Gasteiger partial charge in [-0.1, -0.05) is 24.4 Å². The fourth-order valence-electron chi connectivity index (χ4n) is 2.43. The molecule has 1 saturated carbocycles. The normalized spacial score (nSPS) is 18.3. The van der Waals surface area contributed by atoms with Crippen molar-refractivity contribution in [3.63, 3.8) is 0 Å². The van der Waals surface area contributed by atoms with Crippen molar-refractivity contribution in [3.8, 4) is 0 Å².